The molecule has 5 rings (SSSR count). The lowest BCUT2D eigenvalue weighted by Crippen LogP contribution is -2.67. The molecule has 288 valence electrons. The zero-order valence-corrected chi connectivity index (χ0v) is 30.6. The molecule has 4 amide bonds. The molecule has 52 heavy (non-hydrogen) atoms. The lowest BCUT2D eigenvalue weighted by atomic mass is 9.79. The van der Waals surface area contributed by atoms with Crippen molar-refractivity contribution in [2.45, 2.75) is 147 Å². The number of rotatable bonds is 14. The van der Waals surface area contributed by atoms with Crippen LogP contribution in [0.4, 0.5) is 13.2 Å². The number of halogens is 3. The van der Waals surface area contributed by atoms with Crippen LogP contribution in [0.3, 0.4) is 0 Å². The van der Waals surface area contributed by atoms with E-state index < -0.39 is 77.1 Å². The first-order valence-electron chi connectivity index (χ1n) is 18.9. The van der Waals surface area contributed by atoms with Crippen LogP contribution in [-0.2, 0) is 19.2 Å². The molecule has 0 spiro atoms. The highest BCUT2D eigenvalue weighted by Gasteiger charge is 2.55. The van der Waals surface area contributed by atoms with Gasteiger partial charge in [0.25, 0.3) is 11.8 Å². The van der Waals surface area contributed by atoms with Crippen molar-refractivity contribution in [2.75, 3.05) is 6.54 Å². The minimum atomic E-state index is -4.87. The fraction of sp³-hybridized carbons (Fsp3) is 0.757. The molecule has 12 nitrogen and oxygen atoms in total. The number of hydrogen-bond acceptors (Lipinski definition) is 8. The third-order valence-electron chi connectivity index (χ3n) is 11.2. The molecule has 4 aliphatic rings. The van der Waals surface area contributed by atoms with Gasteiger partial charge in [0.05, 0.1) is 24.3 Å². The fourth-order valence-electron chi connectivity index (χ4n) is 8.37. The Labute approximate surface area is 303 Å². The zero-order valence-electron chi connectivity index (χ0n) is 30.6. The topological polar surface area (TPSA) is 162 Å². The zero-order chi connectivity index (χ0) is 37.8. The van der Waals surface area contributed by atoms with Crippen molar-refractivity contribution < 1.29 is 37.1 Å². The molecule has 1 aliphatic heterocycles. The lowest BCUT2D eigenvalue weighted by molar-refractivity contribution is -0.172. The van der Waals surface area contributed by atoms with E-state index in [0.29, 0.717) is 38.5 Å². The maximum atomic E-state index is 15.3. The van der Waals surface area contributed by atoms with Crippen molar-refractivity contribution in [3.8, 4) is 0 Å². The van der Waals surface area contributed by atoms with Crippen LogP contribution >= 0.6 is 0 Å². The Morgan fingerprint density at radius 1 is 0.923 bits per heavy atom. The highest BCUT2D eigenvalue weighted by atomic mass is 19.4. The van der Waals surface area contributed by atoms with Crippen molar-refractivity contribution in [1.29, 1.82) is 0 Å². The molecule has 7 atom stereocenters. The van der Waals surface area contributed by atoms with Crippen LogP contribution in [-0.4, -0.2) is 93.3 Å². The molecule has 4 N–H and O–H groups in total. The summed E-state index contributed by atoms with van der Waals surface area (Å²) >= 11 is 0. The van der Waals surface area contributed by atoms with Crippen LogP contribution < -0.4 is 21.3 Å². The minimum Gasteiger partial charge on any atom is -0.347 e. The van der Waals surface area contributed by atoms with E-state index in [1.165, 1.54) is 23.5 Å². The molecule has 1 aromatic heterocycles. The van der Waals surface area contributed by atoms with Gasteiger partial charge in [-0.2, -0.15) is 13.2 Å². The lowest BCUT2D eigenvalue weighted by Gasteiger charge is -2.43. The van der Waals surface area contributed by atoms with Gasteiger partial charge < -0.3 is 20.9 Å². The summed E-state index contributed by atoms with van der Waals surface area (Å²) in [7, 11) is 0. The van der Waals surface area contributed by atoms with Gasteiger partial charge in [0.15, 0.2) is 0 Å². The first-order chi connectivity index (χ1) is 24.6. The van der Waals surface area contributed by atoms with Crippen LogP contribution in [0.5, 0.6) is 0 Å². The Bertz CT molecular complexity index is 1440. The van der Waals surface area contributed by atoms with E-state index >= 15 is 13.2 Å². The monoisotopic (exact) mass is 733 g/mol. The Kier molecular flexibility index (Phi) is 12.6. The Morgan fingerprint density at radius 3 is 2.23 bits per heavy atom. The van der Waals surface area contributed by atoms with Crippen LogP contribution in [0.15, 0.2) is 18.6 Å². The van der Waals surface area contributed by atoms with Crippen LogP contribution in [0, 0.1) is 23.2 Å². The number of nitrogens with one attached hydrogen (secondary N) is 4. The van der Waals surface area contributed by atoms with E-state index in [-0.39, 0.29) is 36.5 Å². The van der Waals surface area contributed by atoms with Crippen molar-refractivity contribution in [3.05, 3.63) is 24.3 Å². The molecular formula is C37H54F3N7O5. The number of carbonyl (C=O) groups excluding carboxylic acids is 5. The number of carbonyl (C=O) groups is 5. The van der Waals surface area contributed by atoms with E-state index in [1.807, 2.05) is 6.92 Å². The molecule has 1 unspecified atom stereocenters. The number of ketones is 1. The Morgan fingerprint density at radius 2 is 1.63 bits per heavy atom. The number of likely N-dealkylation sites (tertiary alicyclic amines) is 1. The van der Waals surface area contributed by atoms with Crippen molar-refractivity contribution in [1.82, 2.24) is 36.1 Å². The van der Waals surface area contributed by atoms with E-state index in [4.69, 9.17) is 0 Å². The number of nitrogens with zero attached hydrogens (tertiary/aromatic N) is 3. The normalized spacial score (nSPS) is 24.7. The molecule has 0 bridgehead atoms. The van der Waals surface area contributed by atoms with Gasteiger partial charge in [-0.1, -0.05) is 59.8 Å². The highest BCUT2D eigenvalue weighted by molar-refractivity contribution is 6.38. The maximum Gasteiger partial charge on any atom is 0.405 e. The van der Waals surface area contributed by atoms with Crippen molar-refractivity contribution >= 4 is 29.4 Å². The SMILES string of the molecule is CCC[C@H](NC(=O)[C@@H]1[C@H]2CCC[C@H]2CN1C(=O)[C@@H](N[C@H](C(NC(=O)c1cnccn1)C1CCCCC1)C(F)(F)F)C(C)(C)C)C(=O)C(=O)NC1CC1. The second-order valence-corrected chi connectivity index (χ2v) is 16.2. The van der Waals surface area contributed by atoms with Gasteiger partial charge in [-0.15, -0.1) is 0 Å². The summed E-state index contributed by atoms with van der Waals surface area (Å²) < 4.78 is 45.9. The second kappa shape index (κ2) is 16.6. The molecule has 4 fully saturated rings. The summed E-state index contributed by atoms with van der Waals surface area (Å²) in [6.07, 6.45) is 6.81. The summed E-state index contributed by atoms with van der Waals surface area (Å²) in [6, 6.07) is -7.25. The quantitative estimate of drug-likeness (QED) is 0.210. The number of fused-ring (bicyclic) bond motifs is 1. The molecule has 2 heterocycles. The molecule has 0 aromatic carbocycles. The van der Waals surface area contributed by atoms with Crippen LogP contribution in [0.2, 0.25) is 0 Å². The average Bonchev–Trinajstić information content (AvgIpc) is 3.66. The summed E-state index contributed by atoms with van der Waals surface area (Å²) in [6.45, 7) is 7.03. The molecule has 3 saturated carbocycles. The predicted molar refractivity (Wildman–Crippen MR) is 185 cm³/mol. The number of hydrogen-bond donors (Lipinski definition) is 4. The van der Waals surface area contributed by atoms with Gasteiger partial charge >= 0.3 is 6.18 Å². The first kappa shape index (κ1) is 39.6. The van der Waals surface area contributed by atoms with E-state index in [9.17, 15) is 24.0 Å². The summed E-state index contributed by atoms with van der Waals surface area (Å²) in [4.78, 5) is 77.2. The van der Waals surface area contributed by atoms with Crippen LogP contribution in [0.1, 0.15) is 115 Å². The number of aromatic nitrogens is 2. The third kappa shape index (κ3) is 9.48. The third-order valence-corrected chi connectivity index (χ3v) is 11.2. The molecule has 0 radical (unpaired) electrons. The van der Waals surface area contributed by atoms with E-state index in [0.717, 1.165) is 32.1 Å². The van der Waals surface area contributed by atoms with E-state index in [2.05, 4.69) is 31.2 Å². The van der Waals surface area contributed by atoms with Gasteiger partial charge in [0, 0.05) is 25.0 Å². The van der Waals surface area contributed by atoms with Gasteiger partial charge in [0.1, 0.15) is 17.8 Å². The number of alkyl halides is 3. The van der Waals surface area contributed by atoms with Gasteiger partial charge in [-0.25, -0.2) is 4.98 Å². The highest BCUT2D eigenvalue weighted by Crippen LogP contribution is 2.44. The first-order valence-corrected chi connectivity index (χ1v) is 18.9. The Hall–Kier alpha value is -3.62. The molecular weight excluding hydrogens is 679 g/mol. The average molecular weight is 734 g/mol. The molecule has 1 aromatic rings. The summed E-state index contributed by atoms with van der Waals surface area (Å²) in [5.41, 5.74) is -1.16. The predicted octanol–water partition coefficient (Wildman–Crippen LogP) is 3.85. The molecule has 3 aliphatic carbocycles. The smallest absolute Gasteiger partial charge is 0.347 e. The second-order valence-electron chi connectivity index (χ2n) is 16.2. The standard InChI is InChI=1S/C37H54F3N7O5/c1-5-10-25(29(48)34(51)43-23-15-16-23)44-33(50)28-24-14-9-13-22(24)20-47(28)35(52)31(36(2,3)4)46-30(37(38,39)40)27(21-11-7-6-8-12-21)45-32(49)26-19-41-17-18-42-26/h17-19,21-25,27-28,30-31,46H,5-16,20H2,1-4H3,(H,43,51)(H,44,50)(H,45,49)/t22-,24-,25-,27?,28-,30+,31+/m0/s1. The van der Waals surface area contributed by atoms with Crippen LogP contribution in [0.25, 0.3) is 0 Å². The number of Topliss-reactive ketones (excluding diaryl/α,β-unsaturated/α-hetero) is 1. The van der Waals surface area contributed by atoms with Gasteiger partial charge in [-0.3, -0.25) is 34.3 Å². The summed E-state index contributed by atoms with van der Waals surface area (Å²) in [5, 5.41) is 10.8. The summed E-state index contributed by atoms with van der Waals surface area (Å²) in [5.74, 6) is -4.30. The molecule has 15 heteroatoms. The van der Waals surface area contributed by atoms with Crippen molar-refractivity contribution in [3.63, 3.8) is 0 Å². The maximum absolute atomic E-state index is 15.3. The minimum absolute atomic E-state index is 0.0292. The van der Waals surface area contributed by atoms with Gasteiger partial charge in [-0.05, 0) is 68.1 Å². The van der Waals surface area contributed by atoms with Crippen molar-refractivity contribution in [2.24, 2.45) is 23.2 Å². The fourth-order valence-corrected chi connectivity index (χ4v) is 8.37. The molecule has 1 saturated heterocycles. The number of amides is 4. The van der Waals surface area contributed by atoms with Gasteiger partial charge in [0.2, 0.25) is 17.6 Å². The van der Waals surface area contributed by atoms with E-state index in [1.54, 1.807) is 20.8 Å². The largest absolute Gasteiger partial charge is 0.405 e. The Balaban J connectivity index is 1.43.